The summed E-state index contributed by atoms with van der Waals surface area (Å²) < 4.78 is 5.52. The summed E-state index contributed by atoms with van der Waals surface area (Å²) in [7, 11) is 0. The molecule has 0 atom stereocenters. The Balaban J connectivity index is 2.13. The number of benzene rings is 1. The van der Waals surface area contributed by atoms with Gasteiger partial charge in [-0.25, -0.2) is 4.98 Å². The number of hydrogen-bond donors (Lipinski definition) is 1. The van der Waals surface area contributed by atoms with E-state index in [4.69, 9.17) is 4.74 Å². The Morgan fingerprint density at radius 3 is 2.55 bits per heavy atom. The second-order valence-electron chi connectivity index (χ2n) is 3.91. The van der Waals surface area contributed by atoms with Crippen LogP contribution in [0.1, 0.15) is 6.92 Å². The highest BCUT2D eigenvalue weighted by molar-refractivity contribution is 5.87. The molecule has 1 aromatic carbocycles. The zero-order valence-corrected chi connectivity index (χ0v) is 10.6. The highest BCUT2D eigenvalue weighted by Crippen LogP contribution is 2.24. The minimum atomic E-state index is -0.481. The second-order valence-corrected chi connectivity index (χ2v) is 3.91. The predicted molar refractivity (Wildman–Crippen MR) is 71.7 cm³/mol. The van der Waals surface area contributed by atoms with Crippen LogP contribution in [-0.2, 0) is 4.79 Å². The summed E-state index contributed by atoms with van der Waals surface area (Å²) in [4.78, 5) is 24.9. The van der Waals surface area contributed by atoms with Gasteiger partial charge in [0.1, 0.15) is 17.3 Å². The van der Waals surface area contributed by atoms with Gasteiger partial charge in [0.2, 0.25) is 5.91 Å². The molecule has 0 radical (unpaired) electrons. The van der Waals surface area contributed by atoms with Crippen molar-refractivity contribution in [1.29, 1.82) is 0 Å². The predicted octanol–water partition coefficient (Wildman–Crippen LogP) is 2.74. The van der Waals surface area contributed by atoms with E-state index in [-0.39, 0.29) is 11.6 Å². The average molecular weight is 273 g/mol. The quantitative estimate of drug-likeness (QED) is 0.682. The highest BCUT2D eigenvalue weighted by atomic mass is 16.6. The molecule has 102 valence electrons. The fraction of sp³-hybridized carbons (Fsp3) is 0.0769. The van der Waals surface area contributed by atoms with Crippen LogP contribution in [0.3, 0.4) is 0 Å². The van der Waals surface area contributed by atoms with Crippen molar-refractivity contribution in [3.05, 3.63) is 52.7 Å². The first-order chi connectivity index (χ1) is 9.54. The molecule has 2 rings (SSSR count). The van der Waals surface area contributed by atoms with E-state index in [9.17, 15) is 14.9 Å². The Morgan fingerprint density at radius 1 is 1.25 bits per heavy atom. The largest absolute Gasteiger partial charge is 0.457 e. The van der Waals surface area contributed by atoms with Crippen molar-refractivity contribution in [3.8, 4) is 11.5 Å². The summed E-state index contributed by atoms with van der Waals surface area (Å²) in [5.41, 5.74) is -0.00832. The number of anilines is 1. The van der Waals surface area contributed by atoms with E-state index in [1.807, 2.05) is 0 Å². The number of aromatic nitrogens is 1. The van der Waals surface area contributed by atoms with Gasteiger partial charge in [0, 0.05) is 31.3 Å². The Labute approximate surface area is 114 Å². The standard InChI is InChI=1S/C13H11N3O4/c1-9(17)15-13-8-12(6-7-14-13)20-11-4-2-10(3-5-11)16(18)19/h2-8H,1H3,(H,14,15,17). The number of rotatable bonds is 4. The molecule has 0 spiro atoms. The van der Waals surface area contributed by atoms with E-state index in [0.29, 0.717) is 17.3 Å². The number of nitrogens with one attached hydrogen (secondary N) is 1. The van der Waals surface area contributed by atoms with Crippen LogP contribution < -0.4 is 10.1 Å². The fourth-order valence-corrected chi connectivity index (χ4v) is 1.50. The first-order valence-corrected chi connectivity index (χ1v) is 5.70. The van der Waals surface area contributed by atoms with Crippen molar-refractivity contribution in [3.63, 3.8) is 0 Å². The molecule has 1 amide bonds. The monoisotopic (exact) mass is 273 g/mol. The third-order valence-corrected chi connectivity index (χ3v) is 2.32. The van der Waals surface area contributed by atoms with E-state index < -0.39 is 4.92 Å². The van der Waals surface area contributed by atoms with Gasteiger partial charge in [0.25, 0.3) is 5.69 Å². The van der Waals surface area contributed by atoms with Crippen LogP contribution in [0.5, 0.6) is 11.5 Å². The Kier molecular flexibility index (Phi) is 3.90. The van der Waals surface area contributed by atoms with Crippen LogP contribution in [0.25, 0.3) is 0 Å². The van der Waals surface area contributed by atoms with Gasteiger partial charge in [0.05, 0.1) is 4.92 Å². The topological polar surface area (TPSA) is 94.4 Å². The lowest BCUT2D eigenvalue weighted by atomic mass is 10.3. The molecule has 1 N–H and O–H groups in total. The van der Waals surface area contributed by atoms with Gasteiger partial charge in [-0.2, -0.15) is 0 Å². The van der Waals surface area contributed by atoms with Gasteiger partial charge >= 0.3 is 0 Å². The Hall–Kier alpha value is -2.96. The minimum Gasteiger partial charge on any atom is -0.457 e. The van der Waals surface area contributed by atoms with Crippen LogP contribution in [0.2, 0.25) is 0 Å². The molecule has 7 heteroatoms. The van der Waals surface area contributed by atoms with Crippen molar-refractivity contribution in [1.82, 2.24) is 4.98 Å². The maximum atomic E-state index is 10.9. The maximum Gasteiger partial charge on any atom is 0.269 e. The molecule has 1 heterocycles. The molecule has 0 fully saturated rings. The van der Waals surface area contributed by atoms with Crippen molar-refractivity contribution in [2.45, 2.75) is 6.92 Å². The van der Waals surface area contributed by atoms with E-state index in [1.54, 1.807) is 12.1 Å². The zero-order chi connectivity index (χ0) is 14.5. The first kappa shape index (κ1) is 13.5. The number of pyridine rings is 1. The van der Waals surface area contributed by atoms with Crippen molar-refractivity contribution in [2.24, 2.45) is 0 Å². The first-order valence-electron chi connectivity index (χ1n) is 5.70. The number of nitrogens with zero attached hydrogens (tertiary/aromatic N) is 2. The molecule has 0 saturated carbocycles. The summed E-state index contributed by atoms with van der Waals surface area (Å²) in [6.07, 6.45) is 1.49. The third-order valence-electron chi connectivity index (χ3n) is 2.32. The molecule has 0 aliphatic carbocycles. The molecule has 1 aromatic heterocycles. The minimum absolute atomic E-state index is 0.00832. The van der Waals surface area contributed by atoms with E-state index in [2.05, 4.69) is 10.3 Å². The summed E-state index contributed by atoms with van der Waals surface area (Å²) in [6.45, 7) is 1.38. The van der Waals surface area contributed by atoms with Gasteiger partial charge in [-0.3, -0.25) is 14.9 Å². The third kappa shape index (κ3) is 3.52. The summed E-state index contributed by atoms with van der Waals surface area (Å²) in [5, 5.41) is 13.1. The van der Waals surface area contributed by atoms with Crippen molar-refractivity contribution >= 4 is 17.4 Å². The molecule has 7 nitrogen and oxygen atoms in total. The second kappa shape index (κ2) is 5.79. The number of ether oxygens (including phenoxy) is 1. The maximum absolute atomic E-state index is 10.9. The molecule has 20 heavy (non-hydrogen) atoms. The molecular weight excluding hydrogens is 262 g/mol. The molecule has 2 aromatic rings. The van der Waals surface area contributed by atoms with Gasteiger partial charge in [-0.15, -0.1) is 0 Å². The normalized spacial score (nSPS) is 9.85. The highest BCUT2D eigenvalue weighted by Gasteiger charge is 2.06. The van der Waals surface area contributed by atoms with Crippen LogP contribution in [0.4, 0.5) is 11.5 Å². The number of carbonyl (C=O) groups is 1. The molecule has 0 bridgehead atoms. The summed E-state index contributed by atoms with van der Waals surface area (Å²) >= 11 is 0. The van der Waals surface area contributed by atoms with E-state index in [1.165, 1.54) is 37.4 Å². The fourth-order valence-electron chi connectivity index (χ4n) is 1.50. The van der Waals surface area contributed by atoms with Gasteiger partial charge in [-0.05, 0) is 18.2 Å². The lowest BCUT2D eigenvalue weighted by Gasteiger charge is -2.07. The Morgan fingerprint density at radius 2 is 1.95 bits per heavy atom. The molecule has 0 aliphatic rings. The number of hydrogen-bond acceptors (Lipinski definition) is 5. The smallest absolute Gasteiger partial charge is 0.269 e. The van der Waals surface area contributed by atoms with Gasteiger partial charge in [0.15, 0.2) is 0 Å². The molecule has 0 saturated heterocycles. The summed E-state index contributed by atoms with van der Waals surface area (Å²) in [6, 6.07) is 8.87. The number of nitro groups is 1. The number of non-ortho nitro benzene ring substituents is 1. The van der Waals surface area contributed by atoms with Crippen LogP contribution in [0.15, 0.2) is 42.6 Å². The number of amides is 1. The molecule has 0 aliphatic heterocycles. The lowest BCUT2D eigenvalue weighted by molar-refractivity contribution is -0.384. The van der Waals surface area contributed by atoms with E-state index >= 15 is 0 Å². The number of carbonyl (C=O) groups excluding carboxylic acids is 1. The zero-order valence-electron chi connectivity index (χ0n) is 10.6. The van der Waals surface area contributed by atoms with Crippen molar-refractivity contribution < 1.29 is 14.5 Å². The SMILES string of the molecule is CC(=O)Nc1cc(Oc2ccc([N+](=O)[O-])cc2)ccn1. The van der Waals surface area contributed by atoms with Crippen LogP contribution in [0, 0.1) is 10.1 Å². The van der Waals surface area contributed by atoms with Gasteiger partial charge < -0.3 is 10.1 Å². The Bertz CT molecular complexity index is 640. The van der Waals surface area contributed by atoms with E-state index in [0.717, 1.165) is 0 Å². The van der Waals surface area contributed by atoms with Crippen LogP contribution in [-0.4, -0.2) is 15.8 Å². The average Bonchev–Trinajstić information content (AvgIpc) is 2.39. The summed E-state index contributed by atoms with van der Waals surface area (Å²) in [5.74, 6) is 1.06. The van der Waals surface area contributed by atoms with Gasteiger partial charge in [-0.1, -0.05) is 0 Å². The van der Waals surface area contributed by atoms with Crippen molar-refractivity contribution in [2.75, 3.05) is 5.32 Å². The molecular formula is C13H11N3O4. The van der Waals surface area contributed by atoms with Crippen LogP contribution >= 0.6 is 0 Å². The number of nitro benzene ring substituents is 1. The molecule has 0 unspecified atom stereocenters. The lowest BCUT2D eigenvalue weighted by Crippen LogP contribution is -2.07.